The predicted octanol–water partition coefficient (Wildman–Crippen LogP) is 4.90. The Labute approximate surface area is 146 Å². The van der Waals surface area contributed by atoms with E-state index in [4.69, 9.17) is 14.3 Å². The third kappa shape index (κ3) is 2.82. The first kappa shape index (κ1) is 17.5. The molecule has 0 saturated heterocycles. The van der Waals surface area contributed by atoms with E-state index in [1.54, 1.807) is 0 Å². The molecule has 0 aromatic rings. The molecule has 0 aliphatic heterocycles. The lowest BCUT2D eigenvalue weighted by atomic mass is 9.45. The van der Waals surface area contributed by atoms with E-state index in [1.807, 2.05) is 0 Å². The first-order chi connectivity index (χ1) is 11.2. The van der Waals surface area contributed by atoms with Gasteiger partial charge in [0.2, 0.25) is 0 Å². The van der Waals surface area contributed by atoms with Crippen molar-refractivity contribution in [1.82, 2.24) is 0 Å². The molecular formula is C19H33O4P. The third-order valence-corrected chi connectivity index (χ3v) is 9.26. The van der Waals surface area contributed by atoms with Crippen LogP contribution in [-0.2, 0) is 9.09 Å². The van der Waals surface area contributed by atoms with Crippen molar-refractivity contribution in [3.05, 3.63) is 0 Å². The molecule has 24 heavy (non-hydrogen) atoms. The van der Waals surface area contributed by atoms with Crippen LogP contribution in [0.3, 0.4) is 0 Å². The highest BCUT2D eigenvalue weighted by Crippen LogP contribution is 2.66. The molecule has 138 valence electrons. The Morgan fingerprint density at radius 2 is 1.75 bits per heavy atom. The molecule has 4 rings (SSSR count). The number of phosphoric ester groups is 1. The summed E-state index contributed by atoms with van der Waals surface area (Å²) in [5.41, 5.74) is 0.965. The molecule has 4 nitrogen and oxygen atoms in total. The summed E-state index contributed by atoms with van der Waals surface area (Å²) in [5, 5.41) is 0. The van der Waals surface area contributed by atoms with E-state index in [1.165, 1.54) is 44.9 Å². The van der Waals surface area contributed by atoms with Gasteiger partial charge in [-0.1, -0.05) is 20.3 Å². The van der Waals surface area contributed by atoms with Gasteiger partial charge in [-0.05, 0) is 92.3 Å². The molecule has 7 atom stereocenters. The van der Waals surface area contributed by atoms with Crippen LogP contribution in [0.2, 0.25) is 0 Å². The summed E-state index contributed by atoms with van der Waals surface area (Å²) in [7, 11) is -4.36. The Morgan fingerprint density at radius 1 is 0.958 bits per heavy atom. The van der Waals surface area contributed by atoms with Crippen LogP contribution in [-0.4, -0.2) is 15.9 Å². The van der Waals surface area contributed by atoms with Crippen molar-refractivity contribution in [1.29, 1.82) is 0 Å². The largest absolute Gasteiger partial charge is 0.469 e. The van der Waals surface area contributed by atoms with Gasteiger partial charge in [-0.25, -0.2) is 4.57 Å². The molecule has 4 fully saturated rings. The summed E-state index contributed by atoms with van der Waals surface area (Å²) in [4.78, 5) is 18.3. The fourth-order valence-corrected chi connectivity index (χ4v) is 8.08. The third-order valence-electron chi connectivity index (χ3n) is 8.69. The smallest absolute Gasteiger partial charge is 0.303 e. The van der Waals surface area contributed by atoms with Gasteiger partial charge in [0.05, 0.1) is 6.10 Å². The number of rotatable bonds is 2. The summed E-state index contributed by atoms with van der Waals surface area (Å²) in [6.07, 6.45) is 12.1. The maximum absolute atomic E-state index is 11.2. The second kappa shape index (κ2) is 5.81. The van der Waals surface area contributed by atoms with Crippen LogP contribution in [0, 0.1) is 34.5 Å². The van der Waals surface area contributed by atoms with E-state index < -0.39 is 7.82 Å². The molecule has 4 aliphatic carbocycles. The molecule has 4 aliphatic rings. The average Bonchev–Trinajstić information content (AvgIpc) is 2.88. The Balaban J connectivity index is 1.51. The van der Waals surface area contributed by atoms with Crippen molar-refractivity contribution >= 4 is 7.82 Å². The fraction of sp³-hybridized carbons (Fsp3) is 1.00. The lowest BCUT2D eigenvalue weighted by molar-refractivity contribution is -0.119. The number of phosphoric acid groups is 1. The predicted molar refractivity (Wildman–Crippen MR) is 93.3 cm³/mol. The summed E-state index contributed by atoms with van der Waals surface area (Å²) in [6.45, 7) is 5.03. The van der Waals surface area contributed by atoms with Crippen LogP contribution in [0.1, 0.15) is 78.1 Å². The highest BCUT2D eigenvalue weighted by Gasteiger charge is 2.58. The van der Waals surface area contributed by atoms with Gasteiger partial charge >= 0.3 is 7.82 Å². The lowest BCUT2D eigenvalue weighted by Gasteiger charge is -2.60. The minimum absolute atomic E-state index is 0.249. The molecule has 0 bridgehead atoms. The highest BCUT2D eigenvalue weighted by atomic mass is 31.2. The van der Waals surface area contributed by atoms with Gasteiger partial charge < -0.3 is 9.79 Å². The summed E-state index contributed by atoms with van der Waals surface area (Å²) in [5.74, 6) is 3.23. The Bertz CT molecular complexity index is 545. The molecule has 0 aromatic carbocycles. The zero-order valence-electron chi connectivity index (χ0n) is 15.1. The first-order valence-corrected chi connectivity index (χ1v) is 11.5. The normalized spacial score (nSPS) is 51.6. The fourth-order valence-electron chi connectivity index (χ4n) is 7.50. The van der Waals surface area contributed by atoms with Crippen LogP contribution in [0.5, 0.6) is 0 Å². The quantitative estimate of drug-likeness (QED) is 0.691. The number of hydrogen-bond acceptors (Lipinski definition) is 2. The van der Waals surface area contributed by atoms with Crippen molar-refractivity contribution < 1.29 is 18.9 Å². The topological polar surface area (TPSA) is 66.8 Å². The van der Waals surface area contributed by atoms with Crippen molar-refractivity contribution in [2.24, 2.45) is 34.5 Å². The maximum Gasteiger partial charge on any atom is 0.469 e. The monoisotopic (exact) mass is 356 g/mol. The zero-order valence-corrected chi connectivity index (χ0v) is 16.0. The van der Waals surface area contributed by atoms with E-state index >= 15 is 0 Å². The van der Waals surface area contributed by atoms with Crippen molar-refractivity contribution in [3.8, 4) is 0 Å². The van der Waals surface area contributed by atoms with E-state index in [2.05, 4.69) is 13.8 Å². The second-order valence-electron chi connectivity index (χ2n) is 9.73. The highest BCUT2D eigenvalue weighted by molar-refractivity contribution is 7.46. The second-order valence-corrected chi connectivity index (χ2v) is 10.9. The van der Waals surface area contributed by atoms with Crippen LogP contribution < -0.4 is 0 Å². The molecule has 0 heterocycles. The van der Waals surface area contributed by atoms with Crippen LogP contribution in [0.15, 0.2) is 0 Å². The number of hydrogen-bond donors (Lipinski definition) is 2. The van der Waals surface area contributed by atoms with Gasteiger partial charge in [0.15, 0.2) is 0 Å². The summed E-state index contributed by atoms with van der Waals surface area (Å²) >= 11 is 0. The Kier molecular flexibility index (Phi) is 4.24. The van der Waals surface area contributed by atoms with Crippen molar-refractivity contribution in [3.63, 3.8) is 0 Å². The molecule has 0 aromatic heterocycles. The molecule has 4 saturated carbocycles. The molecule has 0 spiro atoms. The van der Waals surface area contributed by atoms with Gasteiger partial charge in [-0.3, -0.25) is 4.52 Å². The number of fused-ring (bicyclic) bond motifs is 5. The first-order valence-electron chi connectivity index (χ1n) is 9.95. The summed E-state index contributed by atoms with van der Waals surface area (Å²) < 4.78 is 16.3. The van der Waals surface area contributed by atoms with E-state index in [0.29, 0.717) is 16.7 Å². The SMILES string of the molecule is C[C@@]12CCC[C@@H]1[C@@H]1CCC3C[C@H](OP(=O)(O)O)CC[C@]3(C)[C@H]1CC2. The Hall–Kier alpha value is 0.110. The molecule has 0 amide bonds. The van der Waals surface area contributed by atoms with Gasteiger partial charge in [-0.2, -0.15) is 0 Å². The summed E-state index contributed by atoms with van der Waals surface area (Å²) in [6, 6.07) is 0. The molecule has 1 unspecified atom stereocenters. The standard InChI is InChI=1S/C19H33O4P/c1-18-9-3-4-16(18)15-6-5-13-12-14(23-24(20,21)22)7-11-19(13,2)17(15)8-10-18/h13-17H,3-12H2,1-2H3,(H2,20,21,22)/t13?,14-,15+,16-,17+,18+,19+/m1/s1. The van der Waals surface area contributed by atoms with Gasteiger partial charge in [0.25, 0.3) is 0 Å². The molecular weight excluding hydrogens is 323 g/mol. The van der Waals surface area contributed by atoms with Gasteiger partial charge in [0.1, 0.15) is 0 Å². The van der Waals surface area contributed by atoms with E-state index in [0.717, 1.165) is 37.0 Å². The van der Waals surface area contributed by atoms with Crippen LogP contribution >= 0.6 is 7.82 Å². The molecule has 5 heteroatoms. The Morgan fingerprint density at radius 3 is 2.50 bits per heavy atom. The maximum atomic E-state index is 11.2. The van der Waals surface area contributed by atoms with Gasteiger partial charge in [0, 0.05) is 0 Å². The lowest BCUT2D eigenvalue weighted by Crippen LogP contribution is -2.53. The minimum atomic E-state index is -4.36. The average molecular weight is 356 g/mol. The van der Waals surface area contributed by atoms with Crippen molar-refractivity contribution in [2.75, 3.05) is 0 Å². The van der Waals surface area contributed by atoms with Crippen LogP contribution in [0.25, 0.3) is 0 Å². The minimum Gasteiger partial charge on any atom is -0.303 e. The van der Waals surface area contributed by atoms with Crippen molar-refractivity contribution in [2.45, 2.75) is 84.2 Å². The van der Waals surface area contributed by atoms with E-state index in [-0.39, 0.29) is 6.10 Å². The van der Waals surface area contributed by atoms with E-state index in [9.17, 15) is 4.57 Å². The zero-order chi connectivity index (χ0) is 17.2. The van der Waals surface area contributed by atoms with Crippen LogP contribution in [0.4, 0.5) is 0 Å². The van der Waals surface area contributed by atoms with Gasteiger partial charge in [-0.15, -0.1) is 0 Å². The molecule has 2 N–H and O–H groups in total. The molecule has 0 radical (unpaired) electrons.